The van der Waals surface area contributed by atoms with E-state index in [1.807, 2.05) is 30.5 Å². The monoisotopic (exact) mass is 385 g/mol. The Bertz CT molecular complexity index is 1140. The van der Waals surface area contributed by atoms with Crippen molar-refractivity contribution in [2.45, 2.75) is 25.0 Å². The number of benzene rings is 1. The number of H-pyrrole nitrogens is 2. The van der Waals surface area contributed by atoms with Crippen molar-refractivity contribution >= 4 is 26.4 Å². The van der Waals surface area contributed by atoms with E-state index in [1.165, 1.54) is 19.1 Å². The molecule has 1 saturated carbocycles. The molecule has 4 rings (SSSR count). The zero-order chi connectivity index (χ0) is 19.0. The Balaban J connectivity index is 1.69. The van der Waals surface area contributed by atoms with E-state index in [-0.39, 0.29) is 11.3 Å². The largest absolute Gasteiger partial charge is 0.385 e. The maximum absolute atomic E-state index is 11.9. The molecule has 0 spiro atoms. The van der Waals surface area contributed by atoms with Gasteiger partial charge in [-0.2, -0.15) is 0 Å². The number of sulfone groups is 1. The molecule has 3 aromatic rings. The fourth-order valence-electron chi connectivity index (χ4n) is 3.41. The molecule has 6 nitrogen and oxygen atoms in total. The van der Waals surface area contributed by atoms with Crippen LogP contribution in [-0.2, 0) is 22.0 Å². The van der Waals surface area contributed by atoms with Gasteiger partial charge in [0.05, 0.1) is 5.75 Å². The normalized spacial score (nSPS) is 14.6. The summed E-state index contributed by atoms with van der Waals surface area (Å²) in [6, 6.07) is 7.70. The van der Waals surface area contributed by atoms with Crippen molar-refractivity contribution in [1.82, 2.24) is 9.97 Å². The Morgan fingerprint density at radius 3 is 2.70 bits per heavy atom. The van der Waals surface area contributed by atoms with Gasteiger partial charge in [0.25, 0.3) is 5.56 Å². The number of aromatic amines is 2. The van der Waals surface area contributed by atoms with Crippen LogP contribution >= 0.6 is 0 Å². The van der Waals surface area contributed by atoms with Gasteiger partial charge in [0.2, 0.25) is 0 Å². The van der Waals surface area contributed by atoms with Crippen LogP contribution in [0.2, 0.25) is 0 Å². The van der Waals surface area contributed by atoms with Gasteiger partial charge in [-0.1, -0.05) is 12.1 Å². The Labute approximate surface area is 157 Å². The van der Waals surface area contributed by atoms with E-state index in [0.29, 0.717) is 11.9 Å². The van der Waals surface area contributed by atoms with Crippen LogP contribution in [0.25, 0.3) is 10.9 Å². The van der Waals surface area contributed by atoms with Crippen LogP contribution in [0, 0.1) is 5.92 Å². The second-order valence-corrected chi connectivity index (χ2v) is 9.61. The molecule has 7 heteroatoms. The SMILES string of the molecule is CS(=O)(=O)Cc1ccc(NCC2CC2)c(Cc2c[nH]c3c(=O)[nH]ccc23)c1. The molecular formula is C20H23N3O3S. The molecule has 2 heterocycles. The summed E-state index contributed by atoms with van der Waals surface area (Å²) in [7, 11) is -3.10. The number of hydrogen-bond acceptors (Lipinski definition) is 4. The highest BCUT2D eigenvalue weighted by atomic mass is 32.2. The molecule has 0 unspecified atom stereocenters. The van der Waals surface area contributed by atoms with Crippen LogP contribution in [0.15, 0.2) is 41.5 Å². The topological polar surface area (TPSA) is 94.8 Å². The Kier molecular flexibility index (Phi) is 4.55. The van der Waals surface area contributed by atoms with E-state index in [0.717, 1.165) is 40.2 Å². The highest BCUT2D eigenvalue weighted by Gasteiger charge is 2.21. The van der Waals surface area contributed by atoms with Gasteiger partial charge >= 0.3 is 0 Å². The fraction of sp³-hybridized carbons (Fsp3) is 0.350. The van der Waals surface area contributed by atoms with E-state index < -0.39 is 9.84 Å². The Morgan fingerprint density at radius 1 is 1.15 bits per heavy atom. The molecule has 142 valence electrons. The van der Waals surface area contributed by atoms with Crippen molar-refractivity contribution in [2.24, 2.45) is 5.92 Å². The Morgan fingerprint density at radius 2 is 1.96 bits per heavy atom. The Hall–Kier alpha value is -2.54. The fourth-order valence-corrected chi connectivity index (χ4v) is 4.20. The molecule has 3 N–H and O–H groups in total. The van der Waals surface area contributed by atoms with Crippen molar-refractivity contribution in [2.75, 3.05) is 18.1 Å². The highest BCUT2D eigenvalue weighted by Crippen LogP contribution is 2.31. The maximum Gasteiger partial charge on any atom is 0.272 e. The molecule has 0 radical (unpaired) electrons. The zero-order valence-corrected chi connectivity index (χ0v) is 16.0. The first-order valence-electron chi connectivity index (χ1n) is 9.10. The summed E-state index contributed by atoms with van der Waals surface area (Å²) in [4.78, 5) is 17.7. The average Bonchev–Trinajstić information content (AvgIpc) is 3.33. The molecule has 1 aromatic carbocycles. The third-order valence-electron chi connectivity index (χ3n) is 4.96. The lowest BCUT2D eigenvalue weighted by atomic mass is 10.0. The quantitative estimate of drug-likeness (QED) is 0.583. The van der Waals surface area contributed by atoms with Crippen LogP contribution in [0.4, 0.5) is 5.69 Å². The van der Waals surface area contributed by atoms with Crippen LogP contribution in [0.5, 0.6) is 0 Å². The molecule has 1 aliphatic rings. The summed E-state index contributed by atoms with van der Waals surface area (Å²) >= 11 is 0. The lowest BCUT2D eigenvalue weighted by Crippen LogP contribution is -2.08. The molecule has 0 atom stereocenters. The molecule has 27 heavy (non-hydrogen) atoms. The number of fused-ring (bicyclic) bond motifs is 1. The van der Waals surface area contributed by atoms with Crippen molar-refractivity contribution in [3.05, 3.63) is 63.7 Å². The molecule has 1 aliphatic carbocycles. The average molecular weight is 385 g/mol. The van der Waals surface area contributed by atoms with Gasteiger partial charge in [-0.15, -0.1) is 0 Å². The molecule has 1 fully saturated rings. The second-order valence-electron chi connectivity index (χ2n) is 7.47. The predicted octanol–water partition coefficient (Wildman–Crippen LogP) is 2.81. The number of nitrogens with one attached hydrogen (secondary N) is 3. The van der Waals surface area contributed by atoms with Gasteiger partial charge in [0.1, 0.15) is 5.52 Å². The lowest BCUT2D eigenvalue weighted by molar-refractivity contribution is 0.601. The summed E-state index contributed by atoms with van der Waals surface area (Å²) in [6.45, 7) is 0.936. The minimum Gasteiger partial charge on any atom is -0.385 e. The highest BCUT2D eigenvalue weighted by molar-refractivity contribution is 7.89. The molecule has 2 aromatic heterocycles. The zero-order valence-electron chi connectivity index (χ0n) is 15.2. The summed E-state index contributed by atoms with van der Waals surface area (Å²) in [5.41, 5.74) is 4.28. The van der Waals surface area contributed by atoms with Crippen LogP contribution in [-0.4, -0.2) is 31.2 Å². The molecular weight excluding hydrogens is 362 g/mol. The molecule has 0 bridgehead atoms. The van der Waals surface area contributed by atoms with Crippen LogP contribution in [0.1, 0.15) is 29.5 Å². The number of rotatable bonds is 7. The second kappa shape index (κ2) is 6.88. The number of hydrogen-bond donors (Lipinski definition) is 3. The van der Waals surface area contributed by atoms with Gasteiger partial charge in [0, 0.05) is 42.7 Å². The first-order chi connectivity index (χ1) is 12.9. The first-order valence-corrected chi connectivity index (χ1v) is 11.2. The molecule has 0 aliphatic heterocycles. The van der Waals surface area contributed by atoms with Gasteiger partial charge in [-0.3, -0.25) is 4.79 Å². The lowest BCUT2D eigenvalue weighted by Gasteiger charge is -2.14. The van der Waals surface area contributed by atoms with Crippen molar-refractivity contribution in [3.63, 3.8) is 0 Å². The summed E-state index contributed by atoms with van der Waals surface area (Å²) in [5.74, 6) is 0.761. The standard InChI is InChI=1S/C20H23N3O3S/c1-27(25,26)12-14-4-5-18(22-10-13-2-3-13)15(8-14)9-16-11-23-19-17(16)6-7-21-20(19)24/h4-8,11,13,22-23H,2-3,9-10,12H2,1H3,(H,21,24). The maximum atomic E-state index is 11.9. The molecule has 0 saturated heterocycles. The minimum absolute atomic E-state index is 0.0243. The van der Waals surface area contributed by atoms with E-state index in [9.17, 15) is 13.2 Å². The summed E-state index contributed by atoms with van der Waals surface area (Å²) in [6.07, 6.45) is 7.90. The van der Waals surface area contributed by atoms with Crippen molar-refractivity contribution in [1.29, 1.82) is 0 Å². The third-order valence-corrected chi connectivity index (χ3v) is 5.81. The van der Waals surface area contributed by atoms with E-state index in [2.05, 4.69) is 15.3 Å². The smallest absolute Gasteiger partial charge is 0.272 e. The number of anilines is 1. The number of pyridine rings is 1. The third kappa shape index (κ3) is 4.24. The van der Waals surface area contributed by atoms with E-state index in [1.54, 1.807) is 6.20 Å². The van der Waals surface area contributed by atoms with Gasteiger partial charge in [0.15, 0.2) is 9.84 Å². The van der Waals surface area contributed by atoms with Gasteiger partial charge in [-0.25, -0.2) is 8.42 Å². The number of aromatic nitrogens is 2. The minimum atomic E-state index is -3.10. The van der Waals surface area contributed by atoms with Gasteiger partial charge < -0.3 is 15.3 Å². The first kappa shape index (κ1) is 17.9. The molecule has 0 amide bonds. The summed E-state index contributed by atoms with van der Waals surface area (Å²) < 4.78 is 23.4. The predicted molar refractivity (Wildman–Crippen MR) is 108 cm³/mol. The van der Waals surface area contributed by atoms with Gasteiger partial charge in [-0.05, 0) is 47.6 Å². The van der Waals surface area contributed by atoms with Crippen LogP contribution < -0.4 is 10.9 Å². The van der Waals surface area contributed by atoms with E-state index in [4.69, 9.17) is 0 Å². The van der Waals surface area contributed by atoms with Crippen molar-refractivity contribution in [3.8, 4) is 0 Å². The van der Waals surface area contributed by atoms with E-state index >= 15 is 0 Å². The summed E-state index contributed by atoms with van der Waals surface area (Å²) in [5, 5.41) is 4.40. The van der Waals surface area contributed by atoms with Crippen molar-refractivity contribution < 1.29 is 8.42 Å². The van der Waals surface area contributed by atoms with Crippen LogP contribution in [0.3, 0.4) is 0 Å².